The molecular weight excluding hydrogens is 374 g/mol. The van der Waals surface area contributed by atoms with E-state index in [0.29, 0.717) is 31.0 Å². The van der Waals surface area contributed by atoms with Gasteiger partial charge in [0.1, 0.15) is 5.60 Å². The lowest BCUT2D eigenvalue weighted by Gasteiger charge is -2.35. The van der Waals surface area contributed by atoms with Crippen LogP contribution in [0.2, 0.25) is 0 Å². The van der Waals surface area contributed by atoms with Gasteiger partial charge in [0, 0.05) is 45.7 Å². The molecule has 1 fully saturated rings. The summed E-state index contributed by atoms with van der Waals surface area (Å²) in [7, 11) is 0. The van der Waals surface area contributed by atoms with Crippen LogP contribution in [0.1, 0.15) is 32.8 Å². The van der Waals surface area contributed by atoms with Gasteiger partial charge in [-0.15, -0.1) is 0 Å². The second-order valence-electron chi connectivity index (χ2n) is 8.25. The van der Waals surface area contributed by atoms with Crippen molar-refractivity contribution in [2.24, 2.45) is 5.73 Å². The second kappa shape index (κ2) is 8.69. The third-order valence-electron chi connectivity index (χ3n) is 4.63. The quantitative estimate of drug-likeness (QED) is 0.760. The molecule has 158 valence electrons. The summed E-state index contributed by atoms with van der Waals surface area (Å²) in [6.07, 6.45) is -0.0228. The number of carbonyl (C=O) groups excluding carboxylic acids is 2. The smallest absolute Gasteiger partial charge is 0.410 e. The van der Waals surface area contributed by atoms with Gasteiger partial charge in [0.25, 0.3) is 0 Å². The van der Waals surface area contributed by atoms with Crippen molar-refractivity contribution in [3.8, 4) is 0 Å². The molecule has 0 aliphatic carbocycles. The van der Waals surface area contributed by atoms with Crippen molar-refractivity contribution in [3.05, 3.63) is 23.8 Å². The van der Waals surface area contributed by atoms with Gasteiger partial charge in [0.2, 0.25) is 5.91 Å². The first-order valence-electron chi connectivity index (χ1n) is 9.82. The van der Waals surface area contributed by atoms with E-state index in [0.717, 1.165) is 30.6 Å². The standard InChI is InChI=1S/C20H29N5O4/c1-20(2,3)28-19(27)25-10-8-24(9-11-25)13-14-4-5-16-15(12-14)18(23-29-16)22-7-6-17(21)26/h4-5,12H,6-11,13H2,1-3H3,(H2,21,26)(H,22,23). The van der Waals surface area contributed by atoms with Crippen molar-refractivity contribution in [1.29, 1.82) is 0 Å². The van der Waals surface area contributed by atoms with E-state index in [1.807, 2.05) is 39.0 Å². The summed E-state index contributed by atoms with van der Waals surface area (Å²) in [5, 5.41) is 7.99. The molecule has 1 aromatic carbocycles. The molecule has 0 atom stereocenters. The summed E-state index contributed by atoms with van der Waals surface area (Å²) < 4.78 is 10.8. The van der Waals surface area contributed by atoms with E-state index in [-0.39, 0.29) is 18.4 Å². The third kappa shape index (κ3) is 5.83. The van der Waals surface area contributed by atoms with Crippen molar-refractivity contribution in [2.75, 3.05) is 38.0 Å². The number of primary amides is 1. The zero-order chi connectivity index (χ0) is 21.0. The highest BCUT2D eigenvalue weighted by atomic mass is 16.6. The number of fused-ring (bicyclic) bond motifs is 1. The van der Waals surface area contributed by atoms with E-state index in [1.165, 1.54) is 0 Å². The molecule has 0 radical (unpaired) electrons. The number of hydrogen-bond acceptors (Lipinski definition) is 7. The number of piperazine rings is 1. The van der Waals surface area contributed by atoms with Crippen LogP contribution in [-0.2, 0) is 16.1 Å². The van der Waals surface area contributed by atoms with Gasteiger partial charge in [-0.05, 0) is 38.5 Å². The first kappa shape index (κ1) is 20.9. The van der Waals surface area contributed by atoms with Crippen LogP contribution in [0.25, 0.3) is 11.0 Å². The monoisotopic (exact) mass is 403 g/mol. The summed E-state index contributed by atoms with van der Waals surface area (Å²) in [5.41, 5.74) is 6.50. The Balaban J connectivity index is 1.57. The Kier molecular flexibility index (Phi) is 6.26. The molecule has 9 heteroatoms. The lowest BCUT2D eigenvalue weighted by Crippen LogP contribution is -2.49. The summed E-state index contributed by atoms with van der Waals surface area (Å²) in [4.78, 5) is 27.2. The number of hydrogen-bond donors (Lipinski definition) is 2. The minimum Gasteiger partial charge on any atom is -0.444 e. The predicted octanol–water partition coefficient (Wildman–Crippen LogP) is 2.17. The molecule has 1 aliphatic rings. The van der Waals surface area contributed by atoms with Gasteiger partial charge in [0.15, 0.2) is 11.4 Å². The Hall–Kier alpha value is -2.81. The van der Waals surface area contributed by atoms with E-state index in [2.05, 4.69) is 15.4 Å². The van der Waals surface area contributed by atoms with E-state index >= 15 is 0 Å². The van der Waals surface area contributed by atoms with Gasteiger partial charge in [-0.2, -0.15) is 0 Å². The van der Waals surface area contributed by atoms with Gasteiger partial charge in [-0.25, -0.2) is 4.79 Å². The molecule has 2 heterocycles. The number of nitrogens with one attached hydrogen (secondary N) is 1. The molecule has 0 saturated carbocycles. The molecule has 0 unspecified atom stereocenters. The number of benzene rings is 1. The SMILES string of the molecule is CC(C)(C)OC(=O)N1CCN(Cc2ccc3onc(NCCC(N)=O)c3c2)CC1. The number of anilines is 1. The Morgan fingerprint density at radius 3 is 2.62 bits per heavy atom. The first-order chi connectivity index (χ1) is 13.7. The Bertz CT molecular complexity index is 865. The number of aromatic nitrogens is 1. The summed E-state index contributed by atoms with van der Waals surface area (Å²) in [5.74, 6) is 0.245. The van der Waals surface area contributed by atoms with Crippen LogP contribution in [0.5, 0.6) is 0 Å². The first-order valence-corrected chi connectivity index (χ1v) is 9.82. The maximum atomic E-state index is 12.2. The highest BCUT2D eigenvalue weighted by molar-refractivity contribution is 5.88. The fourth-order valence-corrected chi connectivity index (χ4v) is 3.19. The highest BCUT2D eigenvalue weighted by Crippen LogP contribution is 2.25. The molecule has 3 rings (SSSR count). The molecule has 29 heavy (non-hydrogen) atoms. The average Bonchev–Trinajstić information content (AvgIpc) is 3.03. The maximum Gasteiger partial charge on any atom is 0.410 e. The molecule has 0 spiro atoms. The lowest BCUT2D eigenvalue weighted by molar-refractivity contribution is -0.117. The minimum atomic E-state index is -0.481. The molecule has 1 aliphatic heterocycles. The van der Waals surface area contributed by atoms with Crippen molar-refractivity contribution in [1.82, 2.24) is 15.0 Å². The Morgan fingerprint density at radius 2 is 1.97 bits per heavy atom. The largest absolute Gasteiger partial charge is 0.444 e. The molecule has 0 bridgehead atoms. The lowest BCUT2D eigenvalue weighted by atomic mass is 10.1. The van der Waals surface area contributed by atoms with E-state index in [9.17, 15) is 9.59 Å². The van der Waals surface area contributed by atoms with Crippen LogP contribution in [-0.4, -0.2) is 65.3 Å². The number of amides is 2. The number of rotatable bonds is 6. The van der Waals surface area contributed by atoms with Gasteiger partial charge in [-0.3, -0.25) is 9.69 Å². The number of nitrogens with two attached hydrogens (primary N) is 1. The molecular formula is C20H29N5O4. The number of ether oxygens (including phenoxy) is 1. The fourth-order valence-electron chi connectivity index (χ4n) is 3.19. The summed E-state index contributed by atoms with van der Waals surface area (Å²) in [6, 6.07) is 5.95. The van der Waals surface area contributed by atoms with Crippen molar-refractivity contribution >= 4 is 28.8 Å². The molecule has 9 nitrogen and oxygen atoms in total. The average molecular weight is 403 g/mol. The molecule has 3 N–H and O–H groups in total. The van der Waals surface area contributed by atoms with Crippen molar-refractivity contribution < 1.29 is 18.8 Å². The molecule has 2 amide bonds. The number of carbonyl (C=O) groups is 2. The summed E-state index contributed by atoms with van der Waals surface area (Å²) >= 11 is 0. The minimum absolute atomic E-state index is 0.232. The Morgan fingerprint density at radius 1 is 1.24 bits per heavy atom. The van der Waals surface area contributed by atoms with Crippen LogP contribution in [0.15, 0.2) is 22.7 Å². The fraction of sp³-hybridized carbons (Fsp3) is 0.550. The second-order valence-corrected chi connectivity index (χ2v) is 8.25. The van der Waals surface area contributed by atoms with E-state index in [4.69, 9.17) is 15.0 Å². The van der Waals surface area contributed by atoms with Gasteiger partial charge >= 0.3 is 6.09 Å². The topological polar surface area (TPSA) is 114 Å². The van der Waals surface area contributed by atoms with Crippen LogP contribution in [0.4, 0.5) is 10.6 Å². The molecule has 2 aromatic rings. The van der Waals surface area contributed by atoms with E-state index in [1.54, 1.807) is 4.90 Å². The maximum absolute atomic E-state index is 12.2. The summed E-state index contributed by atoms with van der Waals surface area (Å²) in [6.45, 7) is 9.65. The van der Waals surface area contributed by atoms with Crippen LogP contribution in [0, 0.1) is 0 Å². The van der Waals surface area contributed by atoms with Crippen LogP contribution in [0.3, 0.4) is 0 Å². The van der Waals surface area contributed by atoms with Gasteiger partial charge in [-0.1, -0.05) is 11.2 Å². The van der Waals surface area contributed by atoms with Gasteiger partial charge < -0.3 is 25.2 Å². The van der Waals surface area contributed by atoms with Crippen LogP contribution < -0.4 is 11.1 Å². The predicted molar refractivity (Wildman–Crippen MR) is 109 cm³/mol. The van der Waals surface area contributed by atoms with E-state index < -0.39 is 5.60 Å². The third-order valence-corrected chi connectivity index (χ3v) is 4.63. The zero-order valence-electron chi connectivity index (χ0n) is 17.2. The normalized spacial score (nSPS) is 15.5. The van der Waals surface area contributed by atoms with Crippen LogP contribution >= 0.6 is 0 Å². The van der Waals surface area contributed by atoms with Crippen molar-refractivity contribution in [2.45, 2.75) is 39.3 Å². The Labute approximate surface area is 170 Å². The highest BCUT2D eigenvalue weighted by Gasteiger charge is 2.25. The molecule has 1 saturated heterocycles. The number of nitrogens with zero attached hydrogens (tertiary/aromatic N) is 3. The van der Waals surface area contributed by atoms with Gasteiger partial charge in [0.05, 0.1) is 5.39 Å². The molecule has 1 aromatic heterocycles. The zero-order valence-corrected chi connectivity index (χ0v) is 17.2. The van der Waals surface area contributed by atoms with Crippen molar-refractivity contribution in [3.63, 3.8) is 0 Å².